The quantitative estimate of drug-likeness (QED) is 0.257. The lowest BCUT2D eigenvalue weighted by molar-refractivity contribution is -0.134. The van der Waals surface area contributed by atoms with Gasteiger partial charge in [0.25, 0.3) is 0 Å². The summed E-state index contributed by atoms with van der Waals surface area (Å²) in [5.74, 6) is -2.89. The smallest absolute Gasteiger partial charge is 0.313 e. The Morgan fingerprint density at radius 1 is 0.714 bits per heavy atom. The molecule has 0 atom stereocenters. The van der Waals surface area contributed by atoms with Gasteiger partial charge in [0.15, 0.2) is 0 Å². The van der Waals surface area contributed by atoms with E-state index in [-0.39, 0.29) is 30.5 Å². The number of carboxylic acid groups (broad SMARTS) is 3. The molecule has 6 N–H and O–H groups in total. The highest BCUT2D eigenvalue weighted by atomic mass is 32.1. The number of aliphatic hydroxyl groups excluding tert-OH is 3. The number of hydrogen-bond donors (Lipinski definition) is 9. The van der Waals surface area contributed by atoms with Gasteiger partial charge < -0.3 is 30.6 Å². The largest absolute Gasteiger partial charge is 0.481 e. The lowest BCUT2D eigenvalue weighted by Gasteiger charge is -1.96. The van der Waals surface area contributed by atoms with Gasteiger partial charge in [0.2, 0.25) is 0 Å². The molecule has 0 aromatic heterocycles. The van der Waals surface area contributed by atoms with Gasteiger partial charge in [-0.25, -0.2) is 0 Å². The lowest BCUT2D eigenvalue weighted by atomic mass is 10.4. The topological polar surface area (TPSA) is 173 Å². The van der Waals surface area contributed by atoms with Gasteiger partial charge in [0.05, 0.1) is 30.5 Å². The van der Waals surface area contributed by atoms with Gasteiger partial charge >= 0.3 is 17.9 Å². The molecule has 0 rings (SSSR count). The van der Waals surface area contributed by atoms with Gasteiger partial charge in [0, 0.05) is 0 Å². The zero-order valence-corrected chi connectivity index (χ0v) is 13.5. The first kappa shape index (κ1) is 28.5. The molecule has 128 valence electrons. The third kappa shape index (κ3) is 66.7. The molecule has 0 aromatic rings. The standard InChI is InChI=1S/C3H8O3.3C2H4O2S/c4-1-3(6)2-5;3*3-2(4)1-5/h3-6H,1-2H2;3*5H,1H2,(H,3,4). The van der Waals surface area contributed by atoms with Crippen molar-refractivity contribution in [3.8, 4) is 0 Å². The van der Waals surface area contributed by atoms with Gasteiger partial charge in [0.1, 0.15) is 6.10 Å². The summed E-state index contributed by atoms with van der Waals surface area (Å²) in [6, 6.07) is 0. The van der Waals surface area contributed by atoms with E-state index >= 15 is 0 Å². The summed E-state index contributed by atoms with van der Waals surface area (Å²) < 4.78 is 0. The van der Waals surface area contributed by atoms with E-state index in [4.69, 9.17) is 30.6 Å². The molecule has 0 unspecified atom stereocenters. The highest BCUT2D eigenvalue weighted by Gasteiger charge is 1.93. The molecule has 21 heavy (non-hydrogen) atoms. The number of rotatable bonds is 5. The molecular weight excluding hydrogens is 348 g/mol. The molecule has 0 saturated carbocycles. The summed E-state index contributed by atoms with van der Waals surface area (Å²) in [6.07, 6.45) is -0.954. The van der Waals surface area contributed by atoms with Gasteiger partial charge in [-0.2, -0.15) is 37.9 Å². The van der Waals surface area contributed by atoms with Crippen molar-refractivity contribution in [3.05, 3.63) is 0 Å². The molecule has 0 fully saturated rings. The monoisotopic (exact) mass is 368 g/mol. The van der Waals surface area contributed by atoms with E-state index in [0.29, 0.717) is 0 Å². The van der Waals surface area contributed by atoms with Crippen molar-refractivity contribution in [2.75, 3.05) is 30.5 Å². The minimum absolute atomic E-state index is 0.0833. The number of aliphatic carboxylic acids is 3. The Morgan fingerprint density at radius 2 is 0.857 bits per heavy atom. The molecule has 12 heteroatoms. The second-order valence-electron chi connectivity index (χ2n) is 2.67. The summed E-state index contributed by atoms with van der Waals surface area (Å²) in [6.45, 7) is -0.729. The molecule has 0 spiro atoms. The van der Waals surface area contributed by atoms with E-state index in [1.807, 2.05) is 0 Å². The van der Waals surface area contributed by atoms with Crippen LogP contribution in [0.2, 0.25) is 0 Å². The maximum Gasteiger partial charge on any atom is 0.313 e. The SMILES string of the molecule is O=C(O)CS.O=C(O)CS.O=C(O)CS.OCC(O)CO. The number of carbonyl (C=O) groups is 3. The highest BCUT2D eigenvalue weighted by Crippen LogP contribution is 1.71. The fourth-order valence-electron chi connectivity index (χ4n) is 0.0577. The third-order valence-electron chi connectivity index (χ3n) is 0.827. The molecular formula is C9H20O9S3. The fourth-order valence-corrected chi connectivity index (χ4v) is 0.0577. The molecule has 0 aliphatic rings. The average molecular weight is 368 g/mol. The molecule has 0 aliphatic heterocycles. The van der Waals surface area contributed by atoms with Crippen LogP contribution in [0, 0.1) is 0 Å². The Hall–Kier alpha value is -0.660. The van der Waals surface area contributed by atoms with Crippen LogP contribution < -0.4 is 0 Å². The van der Waals surface area contributed by atoms with E-state index < -0.39 is 24.0 Å². The molecule has 0 aromatic carbocycles. The van der Waals surface area contributed by atoms with Crippen molar-refractivity contribution in [3.63, 3.8) is 0 Å². The van der Waals surface area contributed by atoms with Crippen LogP contribution in [-0.2, 0) is 14.4 Å². The van der Waals surface area contributed by atoms with Crippen molar-refractivity contribution < 1.29 is 45.0 Å². The first-order valence-corrected chi connectivity index (χ1v) is 6.90. The van der Waals surface area contributed by atoms with Crippen molar-refractivity contribution in [2.24, 2.45) is 0 Å². The predicted molar refractivity (Wildman–Crippen MR) is 84.6 cm³/mol. The van der Waals surface area contributed by atoms with E-state index in [1.54, 1.807) is 0 Å². The van der Waals surface area contributed by atoms with Crippen LogP contribution in [0.5, 0.6) is 0 Å². The third-order valence-corrected chi connectivity index (χ3v) is 1.64. The van der Waals surface area contributed by atoms with E-state index in [1.165, 1.54) is 0 Å². The normalized spacial score (nSPS) is 8.14. The van der Waals surface area contributed by atoms with Crippen LogP contribution in [0.1, 0.15) is 0 Å². The van der Waals surface area contributed by atoms with Crippen molar-refractivity contribution in [1.82, 2.24) is 0 Å². The lowest BCUT2D eigenvalue weighted by Crippen LogP contribution is -2.15. The molecule has 0 saturated heterocycles. The predicted octanol–water partition coefficient (Wildman–Crippen LogP) is -1.67. The zero-order valence-electron chi connectivity index (χ0n) is 10.9. The van der Waals surface area contributed by atoms with Crippen LogP contribution >= 0.6 is 37.9 Å². The molecule has 0 radical (unpaired) electrons. The molecule has 9 nitrogen and oxygen atoms in total. The molecule has 0 amide bonds. The van der Waals surface area contributed by atoms with E-state index in [9.17, 15) is 14.4 Å². The van der Waals surface area contributed by atoms with Gasteiger partial charge in [-0.15, -0.1) is 0 Å². The van der Waals surface area contributed by atoms with Crippen molar-refractivity contribution >= 4 is 55.8 Å². The maximum absolute atomic E-state index is 9.29. The zero-order chi connectivity index (χ0) is 17.8. The molecule has 0 bridgehead atoms. The molecule has 0 aliphatic carbocycles. The summed E-state index contributed by atoms with van der Waals surface area (Å²) in [5, 5.41) is 47.0. The summed E-state index contributed by atoms with van der Waals surface area (Å²) in [7, 11) is 0. The van der Waals surface area contributed by atoms with Gasteiger partial charge in [-0.05, 0) is 0 Å². The molecule has 0 heterocycles. The summed E-state index contributed by atoms with van der Waals surface area (Å²) in [4.78, 5) is 27.9. The maximum atomic E-state index is 9.29. The van der Waals surface area contributed by atoms with Crippen molar-refractivity contribution in [1.29, 1.82) is 0 Å². The number of aliphatic hydroxyl groups is 3. The van der Waals surface area contributed by atoms with E-state index in [0.717, 1.165) is 0 Å². The first-order chi connectivity index (χ1) is 9.62. The van der Waals surface area contributed by atoms with E-state index in [2.05, 4.69) is 37.9 Å². The van der Waals surface area contributed by atoms with Crippen LogP contribution in [-0.4, -0.2) is 85.1 Å². The van der Waals surface area contributed by atoms with Gasteiger partial charge in [-0.1, -0.05) is 0 Å². The average Bonchev–Trinajstić information content (AvgIpc) is 2.47. The second-order valence-corrected chi connectivity index (χ2v) is 3.62. The summed E-state index contributed by atoms with van der Waals surface area (Å²) in [5.41, 5.74) is 0. The first-order valence-electron chi connectivity index (χ1n) is 5.00. The Kier molecular flexibility index (Phi) is 33.1. The van der Waals surface area contributed by atoms with Gasteiger partial charge in [-0.3, -0.25) is 14.4 Å². The van der Waals surface area contributed by atoms with Crippen LogP contribution in [0.3, 0.4) is 0 Å². The minimum Gasteiger partial charge on any atom is -0.481 e. The number of thiol groups is 3. The summed E-state index contributed by atoms with van der Waals surface area (Å²) >= 11 is 10.2. The second kappa shape index (κ2) is 24.4. The Morgan fingerprint density at radius 3 is 0.857 bits per heavy atom. The Balaban J connectivity index is -0.0000000921. The van der Waals surface area contributed by atoms with Crippen molar-refractivity contribution in [2.45, 2.75) is 6.10 Å². The van der Waals surface area contributed by atoms with Crippen LogP contribution in [0.15, 0.2) is 0 Å². The number of hydrogen-bond acceptors (Lipinski definition) is 9. The Labute approximate surface area is 137 Å². The van der Waals surface area contributed by atoms with Crippen LogP contribution in [0.25, 0.3) is 0 Å². The fraction of sp³-hybridized carbons (Fsp3) is 0.667. The Bertz CT molecular complexity index is 226. The van der Waals surface area contributed by atoms with Crippen LogP contribution in [0.4, 0.5) is 0 Å². The minimum atomic E-state index is -0.954. The number of carboxylic acids is 3. The highest BCUT2D eigenvalue weighted by molar-refractivity contribution is 7.81.